The average Bonchev–Trinajstić information content (AvgIpc) is 3.07. The lowest BCUT2D eigenvalue weighted by molar-refractivity contribution is -0.148. The predicted molar refractivity (Wildman–Crippen MR) is 114 cm³/mol. The van der Waals surface area contributed by atoms with E-state index in [4.69, 9.17) is 14.6 Å². The van der Waals surface area contributed by atoms with Crippen molar-refractivity contribution >= 4 is 27.8 Å². The summed E-state index contributed by atoms with van der Waals surface area (Å²) in [6.45, 7) is 1.28. The minimum Gasteiger partial charge on any atom is -0.492 e. The van der Waals surface area contributed by atoms with Crippen molar-refractivity contribution in [2.45, 2.75) is 19.1 Å². The molecule has 0 aliphatic carbocycles. The topological polar surface area (TPSA) is 60.7 Å². The van der Waals surface area contributed by atoms with Crippen LogP contribution in [0.4, 0.5) is 0 Å². The monoisotopic (exact) mass is 389 g/mol. The molecule has 1 N–H and O–H groups in total. The number of carboxylic acids is 1. The Hall–Kier alpha value is -3.31. The van der Waals surface area contributed by atoms with E-state index in [1.165, 1.54) is 28.9 Å². The number of para-hydroxylation sites is 2. The summed E-state index contributed by atoms with van der Waals surface area (Å²) < 4.78 is 13.2. The van der Waals surface area contributed by atoms with Gasteiger partial charge in [-0.2, -0.15) is 0 Å². The predicted octanol–water partition coefficient (Wildman–Crippen LogP) is 4.52. The normalized spacial score (nSPS) is 12.3. The fourth-order valence-corrected chi connectivity index (χ4v) is 3.71. The summed E-state index contributed by atoms with van der Waals surface area (Å²) in [5.41, 5.74) is 3.30. The highest BCUT2D eigenvalue weighted by atomic mass is 16.5. The van der Waals surface area contributed by atoms with Gasteiger partial charge in [0.1, 0.15) is 12.4 Å². The van der Waals surface area contributed by atoms with Crippen molar-refractivity contribution in [3.63, 3.8) is 0 Å². The number of aromatic nitrogens is 1. The molecule has 0 spiro atoms. The Morgan fingerprint density at radius 2 is 1.52 bits per heavy atom. The van der Waals surface area contributed by atoms with E-state index in [1.807, 2.05) is 24.3 Å². The van der Waals surface area contributed by atoms with Crippen LogP contribution in [0.15, 0.2) is 72.8 Å². The molecule has 3 aromatic carbocycles. The number of aliphatic carboxylic acids is 1. The average molecular weight is 389 g/mol. The van der Waals surface area contributed by atoms with E-state index in [0.717, 1.165) is 17.9 Å². The Kier molecular flexibility index (Phi) is 5.49. The van der Waals surface area contributed by atoms with E-state index in [2.05, 4.69) is 53.1 Å². The minimum atomic E-state index is -0.959. The zero-order valence-corrected chi connectivity index (χ0v) is 16.2. The molecule has 0 saturated carbocycles. The minimum absolute atomic E-state index is 0.327. The highest BCUT2D eigenvalue weighted by molar-refractivity contribution is 6.07. The molecule has 1 heterocycles. The quantitative estimate of drug-likeness (QED) is 0.481. The Morgan fingerprint density at radius 1 is 0.931 bits per heavy atom. The summed E-state index contributed by atoms with van der Waals surface area (Å²) in [4.78, 5) is 11.1. The zero-order valence-electron chi connectivity index (χ0n) is 16.2. The Balaban J connectivity index is 1.45. The van der Waals surface area contributed by atoms with Crippen LogP contribution in [0.2, 0.25) is 0 Å². The summed E-state index contributed by atoms with van der Waals surface area (Å²) in [7, 11) is 1.41. The van der Waals surface area contributed by atoms with E-state index in [1.54, 1.807) is 0 Å². The van der Waals surface area contributed by atoms with Gasteiger partial charge in [0, 0.05) is 35.3 Å². The van der Waals surface area contributed by atoms with Gasteiger partial charge in [-0.05, 0) is 29.8 Å². The maximum atomic E-state index is 11.1. The summed E-state index contributed by atoms with van der Waals surface area (Å²) in [5, 5.41) is 11.6. The van der Waals surface area contributed by atoms with Gasteiger partial charge in [-0.1, -0.05) is 48.5 Å². The molecular formula is C24H23NO4. The van der Waals surface area contributed by atoms with Crippen molar-refractivity contribution in [2.24, 2.45) is 0 Å². The van der Waals surface area contributed by atoms with Crippen LogP contribution < -0.4 is 4.74 Å². The molecule has 1 aromatic heterocycles. The molecule has 148 valence electrons. The van der Waals surface area contributed by atoms with E-state index < -0.39 is 12.1 Å². The molecule has 0 aliphatic heterocycles. The highest BCUT2D eigenvalue weighted by Gasteiger charge is 2.16. The fourth-order valence-electron chi connectivity index (χ4n) is 3.71. The SMILES string of the molecule is COC(Cc1ccc(OCCn2c3ccccc3c3ccccc32)cc1)C(=O)O. The first-order valence-corrected chi connectivity index (χ1v) is 9.60. The summed E-state index contributed by atoms with van der Waals surface area (Å²) in [5.74, 6) is -0.196. The Bertz CT molecular complexity index is 1080. The number of carboxylic acid groups (broad SMARTS) is 1. The molecule has 4 aromatic rings. The number of hydrogen-bond donors (Lipinski definition) is 1. The molecule has 0 saturated heterocycles. The number of nitrogens with zero attached hydrogens (tertiary/aromatic N) is 1. The van der Waals surface area contributed by atoms with Gasteiger partial charge in [0.2, 0.25) is 0 Å². The molecule has 29 heavy (non-hydrogen) atoms. The van der Waals surface area contributed by atoms with E-state index in [9.17, 15) is 4.79 Å². The molecule has 1 atom stereocenters. The second-order valence-corrected chi connectivity index (χ2v) is 6.95. The number of methoxy groups -OCH3 is 1. The van der Waals surface area contributed by atoms with Gasteiger partial charge in [-0.3, -0.25) is 0 Å². The Morgan fingerprint density at radius 3 is 2.07 bits per heavy atom. The Labute approximate surface area is 169 Å². The first kappa shape index (κ1) is 19.0. The van der Waals surface area contributed by atoms with Gasteiger partial charge in [0.25, 0.3) is 0 Å². The van der Waals surface area contributed by atoms with Crippen molar-refractivity contribution < 1.29 is 19.4 Å². The molecule has 0 radical (unpaired) electrons. The van der Waals surface area contributed by atoms with Crippen LogP contribution in [0.5, 0.6) is 5.75 Å². The first-order valence-electron chi connectivity index (χ1n) is 9.60. The first-order chi connectivity index (χ1) is 14.2. The van der Waals surface area contributed by atoms with Crippen LogP contribution in [0.3, 0.4) is 0 Å². The van der Waals surface area contributed by atoms with Gasteiger partial charge >= 0.3 is 5.97 Å². The molecule has 5 heteroatoms. The van der Waals surface area contributed by atoms with Crippen LogP contribution in [0.1, 0.15) is 5.56 Å². The lowest BCUT2D eigenvalue weighted by Gasteiger charge is -2.12. The summed E-state index contributed by atoms with van der Waals surface area (Å²) in [6, 6.07) is 24.3. The van der Waals surface area contributed by atoms with Crippen LogP contribution in [0.25, 0.3) is 21.8 Å². The fraction of sp³-hybridized carbons (Fsp3) is 0.208. The molecule has 1 unspecified atom stereocenters. The number of hydrogen-bond acceptors (Lipinski definition) is 3. The molecule has 0 amide bonds. The standard InChI is InChI=1S/C24H23NO4/c1-28-23(24(26)27)16-17-10-12-18(13-11-17)29-15-14-25-21-8-4-2-6-19(21)20-7-3-5-9-22(20)25/h2-13,23H,14-16H2,1H3,(H,26,27). The summed E-state index contributed by atoms with van der Waals surface area (Å²) >= 11 is 0. The lowest BCUT2D eigenvalue weighted by Crippen LogP contribution is -2.24. The van der Waals surface area contributed by atoms with E-state index in [0.29, 0.717) is 13.0 Å². The molecule has 0 fully saturated rings. The van der Waals surface area contributed by atoms with Crippen molar-refractivity contribution in [3.05, 3.63) is 78.4 Å². The second kappa shape index (κ2) is 8.37. The smallest absolute Gasteiger partial charge is 0.333 e. The maximum Gasteiger partial charge on any atom is 0.333 e. The largest absolute Gasteiger partial charge is 0.492 e. The second-order valence-electron chi connectivity index (χ2n) is 6.95. The van der Waals surface area contributed by atoms with E-state index in [-0.39, 0.29) is 0 Å². The maximum absolute atomic E-state index is 11.1. The molecular weight excluding hydrogens is 366 g/mol. The number of ether oxygens (including phenoxy) is 2. The van der Waals surface area contributed by atoms with Crippen molar-refractivity contribution in [2.75, 3.05) is 13.7 Å². The van der Waals surface area contributed by atoms with Gasteiger partial charge in [0.15, 0.2) is 6.10 Å². The van der Waals surface area contributed by atoms with Crippen molar-refractivity contribution in [3.8, 4) is 5.75 Å². The van der Waals surface area contributed by atoms with Crippen molar-refractivity contribution in [1.82, 2.24) is 4.57 Å². The molecule has 0 bridgehead atoms. The summed E-state index contributed by atoms with van der Waals surface area (Å²) in [6.07, 6.45) is -0.509. The number of rotatable bonds is 8. The van der Waals surface area contributed by atoms with Gasteiger partial charge in [0.05, 0.1) is 6.54 Å². The van der Waals surface area contributed by atoms with Crippen LogP contribution in [-0.2, 0) is 22.5 Å². The van der Waals surface area contributed by atoms with E-state index >= 15 is 0 Å². The van der Waals surface area contributed by atoms with Gasteiger partial charge < -0.3 is 19.1 Å². The zero-order chi connectivity index (χ0) is 20.2. The van der Waals surface area contributed by atoms with Crippen molar-refractivity contribution in [1.29, 1.82) is 0 Å². The van der Waals surface area contributed by atoms with Gasteiger partial charge in [-0.15, -0.1) is 0 Å². The number of benzene rings is 3. The lowest BCUT2D eigenvalue weighted by atomic mass is 10.1. The van der Waals surface area contributed by atoms with Crippen LogP contribution in [0, 0.1) is 0 Å². The molecule has 0 aliphatic rings. The molecule has 4 rings (SSSR count). The molecule has 5 nitrogen and oxygen atoms in total. The third kappa shape index (κ3) is 3.96. The third-order valence-corrected chi connectivity index (χ3v) is 5.17. The van der Waals surface area contributed by atoms with Crippen LogP contribution in [-0.4, -0.2) is 35.5 Å². The number of carbonyl (C=O) groups is 1. The highest BCUT2D eigenvalue weighted by Crippen LogP contribution is 2.28. The van der Waals surface area contributed by atoms with Crippen LogP contribution >= 0.6 is 0 Å². The number of fused-ring (bicyclic) bond motifs is 3. The third-order valence-electron chi connectivity index (χ3n) is 5.17. The van der Waals surface area contributed by atoms with Gasteiger partial charge in [-0.25, -0.2) is 4.79 Å².